The predicted octanol–water partition coefficient (Wildman–Crippen LogP) is 0.926. The van der Waals surface area contributed by atoms with E-state index in [9.17, 15) is 8.42 Å². The molecular formula is C14H20N4O2S. The summed E-state index contributed by atoms with van der Waals surface area (Å²) < 4.78 is 29.0. The number of hydrogen-bond donors (Lipinski definition) is 2. The molecule has 0 aliphatic carbocycles. The molecule has 0 fully saturated rings. The van der Waals surface area contributed by atoms with Crippen molar-refractivity contribution in [2.24, 2.45) is 7.05 Å². The number of aryl methyl sites for hydroxylation is 2. The minimum absolute atomic E-state index is 0.186. The number of pyridine rings is 1. The Morgan fingerprint density at radius 3 is 2.76 bits per heavy atom. The smallest absolute Gasteiger partial charge is 0.242 e. The van der Waals surface area contributed by atoms with Crippen LogP contribution in [0.1, 0.15) is 17.0 Å². The molecule has 6 nitrogen and oxygen atoms in total. The van der Waals surface area contributed by atoms with E-state index in [0.717, 1.165) is 17.0 Å². The third-order valence-electron chi connectivity index (χ3n) is 3.30. The molecule has 0 amide bonds. The number of nitrogens with zero attached hydrogens (tertiary/aromatic N) is 2. The summed E-state index contributed by atoms with van der Waals surface area (Å²) in [6.45, 7) is 2.71. The van der Waals surface area contributed by atoms with E-state index < -0.39 is 10.0 Å². The van der Waals surface area contributed by atoms with E-state index in [1.54, 1.807) is 23.0 Å². The van der Waals surface area contributed by atoms with E-state index >= 15 is 0 Å². The highest BCUT2D eigenvalue weighted by Crippen LogP contribution is 2.14. The van der Waals surface area contributed by atoms with Crippen LogP contribution >= 0.6 is 0 Å². The van der Waals surface area contributed by atoms with Crippen molar-refractivity contribution in [3.8, 4) is 0 Å². The lowest BCUT2D eigenvalue weighted by Crippen LogP contribution is -2.23. The topological polar surface area (TPSA) is 76.0 Å². The van der Waals surface area contributed by atoms with E-state index in [-0.39, 0.29) is 11.4 Å². The van der Waals surface area contributed by atoms with Crippen LogP contribution in [0.4, 0.5) is 0 Å². The Morgan fingerprint density at radius 1 is 1.33 bits per heavy atom. The predicted molar refractivity (Wildman–Crippen MR) is 81.2 cm³/mol. The summed E-state index contributed by atoms with van der Waals surface area (Å²) in [5.74, 6) is 0. The summed E-state index contributed by atoms with van der Waals surface area (Å²) in [6, 6.07) is 5.41. The molecule has 0 radical (unpaired) electrons. The van der Waals surface area contributed by atoms with Crippen molar-refractivity contribution in [1.82, 2.24) is 19.6 Å². The highest BCUT2D eigenvalue weighted by atomic mass is 32.2. The fourth-order valence-corrected chi connectivity index (χ4v) is 3.11. The lowest BCUT2D eigenvalue weighted by molar-refractivity contribution is 0.580. The molecule has 114 valence electrons. The van der Waals surface area contributed by atoms with Gasteiger partial charge in [0.1, 0.15) is 0 Å². The molecule has 0 aliphatic heterocycles. The summed E-state index contributed by atoms with van der Waals surface area (Å²) >= 11 is 0. The first kappa shape index (κ1) is 15.7. The third-order valence-corrected chi connectivity index (χ3v) is 4.67. The SMILES string of the molecule is CNCc1cc(S(=O)(=O)NCc2ncccc2C)cn1C. The fourth-order valence-electron chi connectivity index (χ4n) is 2.03. The van der Waals surface area contributed by atoms with Crippen LogP contribution in [0.2, 0.25) is 0 Å². The Hall–Kier alpha value is -1.70. The summed E-state index contributed by atoms with van der Waals surface area (Å²) in [7, 11) is 0.117. The number of aromatic nitrogens is 2. The molecule has 0 bridgehead atoms. The van der Waals surface area contributed by atoms with Gasteiger partial charge in [-0.25, -0.2) is 13.1 Å². The minimum Gasteiger partial charge on any atom is -0.352 e. The number of sulfonamides is 1. The van der Waals surface area contributed by atoms with Gasteiger partial charge in [0.05, 0.1) is 17.1 Å². The molecule has 2 aromatic heterocycles. The maximum absolute atomic E-state index is 12.3. The van der Waals surface area contributed by atoms with Crippen molar-refractivity contribution < 1.29 is 8.42 Å². The van der Waals surface area contributed by atoms with E-state index in [1.807, 2.05) is 33.2 Å². The summed E-state index contributed by atoms with van der Waals surface area (Å²) in [5.41, 5.74) is 2.60. The van der Waals surface area contributed by atoms with Crippen molar-refractivity contribution in [3.63, 3.8) is 0 Å². The first-order valence-corrected chi connectivity index (χ1v) is 8.12. The van der Waals surface area contributed by atoms with Gasteiger partial charge >= 0.3 is 0 Å². The molecule has 0 saturated carbocycles. The Kier molecular flexibility index (Phi) is 4.76. The monoisotopic (exact) mass is 308 g/mol. The molecular weight excluding hydrogens is 288 g/mol. The van der Waals surface area contributed by atoms with E-state index in [0.29, 0.717) is 6.54 Å². The lowest BCUT2D eigenvalue weighted by atomic mass is 10.2. The molecule has 0 atom stereocenters. The lowest BCUT2D eigenvalue weighted by Gasteiger charge is -2.06. The number of nitrogens with one attached hydrogen (secondary N) is 2. The van der Waals surface area contributed by atoms with Gasteiger partial charge in [0.25, 0.3) is 0 Å². The van der Waals surface area contributed by atoms with Gasteiger partial charge in [-0.2, -0.15) is 0 Å². The second-order valence-electron chi connectivity index (χ2n) is 4.90. The van der Waals surface area contributed by atoms with Crippen LogP contribution < -0.4 is 10.0 Å². The van der Waals surface area contributed by atoms with Crippen LogP contribution in [0.25, 0.3) is 0 Å². The first-order valence-electron chi connectivity index (χ1n) is 6.64. The second kappa shape index (κ2) is 6.38. The maximum atomic E-state index is 12.3. The zero-order valence-corrected chi connectivity index (χ0v) is 13.2. The van der Waals surface area contributed by atoms with Crippen molar-refractivity contribution in [1.29, 1.82) is 0 Å². The van der Waals surface area contributed by atoms with Crippen molar-refractivity contribution >= 4 is 10.0 Å². The molecule has 2 rings (SSSR count). The van der Waals surface area contributed by atoms with Crippen LogP contribution in [0.5, 0.6) is 0 Å². The Bertz CT molecular complexity index is 722. The van der Waals surface area contributed by atoms with Gasteiger partial charge in [0.15, 0.2) is 0 Å². The molecule has 2 N–H and O–H groups in total. The van der Waals surface area contributed by atoms with Crippen molar-refractivity contribution in [2.75, 3.05) is 7.05 Å². The minimum atomic E-state index is -3.53. The molecule has 0 aliphatic rings. The summed E-state index contributed by atoms with van der Waals surface area (Å²) in [4.78, 5) is 4.45. The molecule has 21 heavy (non-hydrogen) atoms. The van der Waals surface area contributed by atoms with E-state index in [1.165, 1.54) is 0 Å². The molecule has 2 heterocycles. The normalized spacial score (nSPS) is 11.8. The van der Waals surface area contributed by atoms with Gasteiger partial charge in [-0.3, -0.25) is 4.98 Å². The van der Waals surface area contributed by atoms with Gasteiger partial charge in [-0.1, -0.05) is 6.07 Å². The Balaban J connectivity index is 2.15. The molecule has 0 spiro atoms. The summed E-state index contributed by atoms with van der Waals surface area (Å²) in [6.07, 6.45) is 3.27. The second-order valence-corrected chi connectivity index (χ2v) is 6.67. The van der Waals surface area contributed by atoms with Crippen LogP contribution in [-0.2, 0) is 30.2 Å². The molecule has 0 unspecified atom stereocenters. The van der Waals surface area contributed by atoms with Crippen LogP contribution in [-0.4, -0.2) is 25.0 Å². The van der Waals surface area contributed by atoms with Gasteiger partial charge in [-0.05, 0) is 31.7 Å². The number of rotatable bonds is 6. The third kappa shape index (κ3) is 3.69. The Labute approximate surface area is 125 Å². The number of hydrogen-bond acceptors (Lipinski definition) is 4. The zero-order chi connectivity index (χ0) is 15.5. The van der Waals surface area contributed by atoms with Crippen molar-refractivity contribution in [2.45, 2.75) is 24.9 Å². The standard InChI is InChI=1S/C14H20N4O2S/c1-11-5-4-6-16-14(11)9-17-21(19,20)13-7-12(8-15-2)18(3)10-13/h4-7,10,15,17H,8-9H2,1-3H3. The fraction of sp³-hybridized carbons (Fsp3) is 0.357. The maximum Gasteiger partial charge on any atom is 0.242 e. The van der Waals surface area contributed by atoms with Gasteiger partial charge in [-0.15, -0.1) is 0 Å². The highest BCUT2D eigenvalue weighted by Gasteiger charge is 2.17. The van der Waals surface area contributed by atoms with Crippen LogP contribution in [0, 0.1) is 6.92 Å². The molecule has 7 heteroatoms. The van der Waals surface area contributed by atoms with E-state index in [4.69, 9.17) is 0 Å². The quantitative estimate of drug-likeness (QED) is 0.832. The van der Waals surface area contributed by atoms with Crippen LogP contribution in [0.3, 0.4) is 0 Å². The summed E-state index contributed by atoms with van der Waals surface area (Å²) in [5, 5.41) is 3.01. The highest BCUT2D eigenvalue weighted by molar-refractivity contribution is 7.89. The van der Waals surface area contributed by atoms with Gasteiger partial charge in [0, 0.05) is 31.7 Å². The molecule has 2 aromatic rings. The van der Waals surface area contributed by atoms with Crippen LogP contribution in [0.15, 0.2) is 35.5 Å². The Morgan fingerprint density at radius 2 is 2.10 bits per heavy atom. The average Bonchev–Trinajstić information content (AvgIpc) is 2.81. The largest absolute Gasteiger partial charge is 0.352 e. The van der Waals surface area contributed by atoms with Crippen molar-refractivity contribution in [3.05, 3.63) is 47.5 Å². The zero-order valence-electron chi connectivity index (χ0n) is 12.4. The average molecular weight is 308 g/mol. The van der Waals surface area contributed by atoms with E-state index in [2.05, 4.69) is 15.0 Å². The van der Waals surface area contributed by atoms with Gasteiger partial charge < -0.3 is 9.88 Å². The molecule has 0 saturated heterocycles. The first-order chi connectivity index (χ1) is 9.94. The molecule has 0 aromatic carbocycles. The van der Waals surface area contributed by atoms with Gasteiger partial charge in [0.2, 0.25) is 10.0 Å².